The lowest BCUT2D eigenvalue weighted by molar-refractivity contribution is 0.659. The number of anilines is 1. The van der Waals surface area contributed by atoms with Gasteiger partial charge in [0.2, 0.25) is 0 Å². The summed E-state index contributed by atoms with van der Waals surface area (Å²) in [6.07, 6.45) is 2.15. The third-order valence-electron chi connectivity index (χ3n) is 3.33. The van der Waals surface area contributed by atoms with Gasteiger partial charge in [-0.3, -0.25) is 0 Å². The van der Waals surface area contributed by atoms with Gasteiger partial charge in [0.05, 0.1) is 10.7 Å². The molecule has 1 fully saturated rings. The third-order valence-corrected chi connectivity index (χ3v) is 3.64. The van der Waals surface area contributed by atoms with Gasteiger partial charge in [0.15, 0.2) is 0 Å². The molecule has 1 aliphatic heterocycles. The molecule has 2 nitrogen and oxygen atoms in total. The van der Waals surface area contributed by atoms with Crippen LogP contribution < -0.4 is 10.6 Å². The van der Waals surface area contributed by atoms with Crippen LogP contribution in [0.5, 0.6) is 0 Å². The summed E-state index contributed by atoms with van der Waals surface area (Å²) in [5.74, 6) is 0.773. The summed E-state index contributed by atoms with van der Waals surface area (Å²) in [5, 5.41) is 0.859. The van der Waals surface area contributed by atoms with Crippen molar-refractivity contribution in [2.75, 3.05) is 18.0 Å². The van der Waals surface area contributed by atoms with Crippen molar-refractivity contribution in [1.82, 2.24) is 0 Å². The summed E-state index contributed by atoms with van der Waals surface area (Å²) >= 11 is 6.36. The van der Waals surface area contributed by atoms with Gasteiger partial charge < -0.3 is 10.6 Å². The molecule has 2 N–H and O–H groups in total. The van der Waals surface area contributed by atoms with Gasteiger partial charge in [-0.25, -0.2) is 0 Å². The van der Waals surface area contributed by atoms with Crippen molar-refractivity contribution in [2.45, 2.75) is 32.7 Å². The van der Waals surface area contributed by atoms with Crippen LogP contribution in [0.2, 0.25) is 5.02 Å². The number of rotatable bonds is 3. The Morgan fingerprint density at radius 1 is 1.53 bits per heavy atom. The average molecular weight is 253 g/mol. The van der Waals surface area contributed by atoms with E-state index in [0.29, 0.717) is 0 Å². The van der Waals surface area contributed by atoms with Crippen molar-refractivity contribution in [3.63, 3.8) is 0 Å². The molecule has 2 atom stereocenters. The minimum Gasteiger partial charge on any atom is -0.370 e. The highest BCUT2D eigenvalue weighted by Gasteiger charge is 2.20. The first-order valence-corrected chi connectivity index (χ1v) is 6.73. The van der Waals surface area contributed by atoms with Crippen LogP contribution in [0, 0.1) is 5.92 Å². The van der Waals surface area contributed by atoms with Crippen molar-refractivity contribution in [3.05, 3.63) is 28.8 Å². The summed E-state index contributed by atoms with van der Waals surface area (Å²) < 4.78 is 0. The molecule has 2 unspecified atom stereocenters. The molecule has 0 amide bonds. The van der Waals surface area contributed by atoms with E-state index in [1.165, 1.54) is 17.7 Å². The van der Waals surface area contributed by atoms with Crippen molar-refractivity contribution in [3.8, 4) is 0 Å². The highest BCUT2D eigenvalue weighted by molar-refractivity contribution is 6.33. The molecule has 1 heterocycles. The first-order chi connectivity index (χ1) is 8.06. The zero-order valence-corrected chi connectivity index (χ0v) is 11.4. The van der Waals surface area contributed by atoms with Crippen molar-refractivity contribution in [2.24, 2.45) is 11.7 Å². The first kappa shape index (κ1) is 12.7. The summed E-state index contributed by atoms with van der Waals surface area (Å²) in [4.78, 5) is 2.38. The lowest BCUT2D eigenvalue weighted by atomic mass is 10.1. The Hall–Kier alpha value is -0.730. The monoisotopic (exact) mass is 252 g/mol. The van der Waals surface area contributed by atoms with Gasteiger partial charge in [-0.1, -0.05) is 24.6 Å². The SMILES string of the molecule is CC(N)Cc1ccc(N2CCC(C)C2)c(Cl)c1. The molecule has 0 aromatic heterocycles. The Kier molecular flexibility index (Phi) is 3.95. The van der Waals surface area contributed by atoms with E-state index in [1.807, 2.05) is 6.92 Å². The summed E-state index contributed by atoms with van der Waals surface area (Å²) in [5.41, 5.74) is 8.19. The number of nitrogens with zero attached hydrogens (tertiary/aromatic N) is 1. The molecular weight excluding hydrogens is 232 g/mol. The number of hydrogen-bond acceptors (Lipinski definition) is 2. The minimum absolute atomic E-state index is 0.184. The highest BCUT2D eigenvalue weighted by Crippen LogP contribution is 2.31. The first-order valence-electron chi connectivity index (χ1n) is 6.35. The molecule has 1 aromatic carbocycles. The molecule has 3 heteroatoms. The van der Waals surface area contributed by atoms with E-state index in [4.69, 9.17) is 17.3 Å². The van der Waals surface area contributed by atoms with Crippen LogP contribution in [0.3, 0.4) is 0 Å². The Labute approximate surface area is 109 Å². The smallest absolute Gasteiger partial charge is 0.0642 e. The number of halogens is 1. The predicted octanol–water partition coefficient (Wildman–Crippen LogP) is 3.08. The normalized spacial score (nSPS) is 21.9. The number of benzene rings is 1. The zero-order valence-electron chi connectivity index (χ0n) is 10.6. The standard InChI is InChI=1S/C14H21ClN2/c1-10-5-6-17(9-10)14-4-3-12(7-11(2)16)8-13(14)15/h3-4,8,10-11H,5-7,9,16H2,1-2H3. The largest absolute Gasteiger partial charge is 0.370 e. The van der Waals surface area contributed by atoms with E-state index in [0.717, 1.165) is 30.5 Å². The summed E-state index contributed by atoms with van der Waals surface area (Å²) in [6, 6.07) is 6.53. The topological polar surface area (TPSA) is 29.3 Å². The lowest BCUT2D eigenvalue weighted by Gasteiger charge is -2.20. The quantitative estimate of drug-likeness (QED) is 0.896. The molecule has 94 valence electrons. The fraction of sp³-hybridized carbons (Fsp3) is 0.571. The second-order valence-corrected chi connectivity index (χ2v) is 5.71. The molecule has 17 heavy (non-hydrogen) atoms. The van der Waals surface area contributed by atoms with Gasteiger partial charge in [0.1, 0.15) is 0 Å². The van der Waals surface area contributed by atoms with Gasteiger partial charge >= 0.3 is 0 Å². The lowest BCUT2D eigenvalue weighted by Crippen LogP contribution is -2.20. The zero-order chi connectivity index (χ0) is 12.4. The van der Waals surface area contributed by atoms with E-state index >= 15 is 0 Å². The highest BCUT2D eigenvalue weighted by atomic mass is 35.5. The van der Waals surface area contributed by atoms with E-state index in [-0.39, 0.29) is 6.04 Å². The van der Waals surface area contributed by atoms with Gasteiger partial charge in [-0.15, -0.1) is 0 Å². The maximum atomic E-state index is 6.36. The minimum atomic E-state index is 0.184. The Morgan fingerprint density at radius 3 is 2.82 bits per heavy atom. The van der Waals surface area contributed by atoms with Crippen LogP contribution in [-0.4, -0.2) is 19.1 Å². The van der Waals surface area contributed by atoms with E-state index < -0.39 is 0 Å². The second kappa shape index (κ2) is 5.28. The summed E-state index contributed by atoms with van der Waals surface area (Å²) in [6.45, 7) is 6.54. The van der Waals surface area contributed by atoms with Crippen molar-refractivity contribution < 1.29 is 0 Å². The molecule has 0 aliphatic carbocycles. The van der Waals surface area contributed by atoms with E-state index in [2.05, 4.69) is 30.0 Å². The molecule has 0 spiro atoms. The summed E-state index contributed by atoms with van der Waals surface area (Å²) in [7, 11) is 0. The maximum Gasteiger partial charge on any atom is 0.0642 e. The molecule has 2 rings (SSSR count). The molecule has 1 saturated heterocycles. The van der Waals surface area contributed by atoms with Gasteiger partial charge in [0, 0.05) is 19.1 Å². The fourth-order valence-electron chi connectivity index (χ4n) is 2.46. The fourth-order valence-corrected chi connectivity index (χ4v) is 2.78. The van der Waals surface area contributed by atoms with Gasteiger partial charge in [-0.2, -0.15) is 0 Å². The van der Waals surface area contributed by atoms with Crippen LogP contribution in [0.1, 0.15) is 25.8 Å². The molecule has 0 radical (unpaired) electrons. The Bertz CT molecular complexity index is 390. The van der Waals surface area contributed by atoms with Crippen molar-refractivity contribution >= 4 is 17.3 Å². The second-order valence-electron chi connectivity index (χ2n) is 5.31. The van der Waals surface area contributed by atoms with Crippen LogP contribution >= 0.6 is 11.6 Å². The van der Waals surface area contributed by atoms with Gasteiger partial charge in [-0.05, 0) is 43.4 Å². The van der Waals surface area contributed by atoms with Crippen LogP contribution in [0.15, 0.2) is 18.2 Å². The maximum absolute atomic E-state index is 6.36. The Balaban J connectivity index is 2.14. The van der Waals surface area contributed by atoms with Crippen molar-refractivity contribution in [1.29, 1.82) is 0 Å². The molecule has 1 aromatic rings. The molecule has 0 saturated carbocycles. The number of hydrogen-bond donors (Lipinski definition) is 1. The number of nitrogens with two attached hydrogens (primary N) is 1. The Morgan fingerprint density at radius 2 is 2.29 bits per heavy atom. The molecular formula is C14H21ClN2. The van der Waals surface area contributed by atoms with E-state index in [1.54, 1.807) is 0 Å². The van der Waals surface area contributed by atoms with E-state index in [9.17, 15) is 0 Å². The van der Waals surface area contributed by atoms with Crippen LogP contribution in [-0.2, 0) is 6.42 Å². The third kappa shape index (κ3) is 3.14. The molecule has 0 bridgehead atoms. The van der Waals surface area contributed by atoms with Crippen LogP contribution in [0.25, 0.3) is 0 Å². The predicted molar refractivity (Wildman–Crippen MR) is 74.8 cm³/mol. The average Bonchev–Trinajstić information content (AvgIpc) is 2.64. The molecule has 1 aliphatic rings. The van der Waals surface area contributed by atoms with Gasteiger partial charge in [0.25, 0.3) is 0 Å². The van der Waals surface area contributed by atoms with Crippen LogP contribution in [0.4, 0.5) is 5.69 Å².